The zero-order valence-corrected chi connectivity index (χ0v) is 25.2. The van der Waals surface area contributed by atoms with E-state index in [9.17, 15) is 37.5 Å². The third kappa shape index (κ3) is 15.9. The molecule has 0 fully saturated rings. The fourth-order valence-corrected chi connectivity index (χ4v) is 3.67. The number of rotatable bonds is 16. The number of unbranched alkanes of at least 4 members (excludes halogenated alkanes) is 1. The summed E-state index contributed by atoms with van der Waals surface area (Å²) in [4.78, 5) is 61.1. The van der Waals surface area contributed by atoms with Crippen LogP contribution < -0.4 is 27.4 Å². The van der Waals surface area contributed by atoms with E-state index >= 15 is 0 Å². The fraction of sp³-hybridized carbons (Fsp3) is 0.519. The number of nitrogen functional groups attached to an aromatic ring is 1. The van der Waals surface area contributed by atoms with Crippen molar-refractivity contribution in [2.24, 2.45) is 17.4 Å². The van der Waals surface area contributed by atoms with Crippen molar-refractivity contribution in [3.63, 3.8) is 0 Å². The fourth-order valence-electron chi connectivity index (χ4n) is 3.67. The second kappa shape index (κ2) is 19.4. The van der Waals surface area contributed by atoms with Gasteiger partial charge in [0.25, 0.3) is 0 Å². The van der Waals surface area contributed by atoms with Gasteiger partial charge in [0.15, 0.2) is 5.96 Å². The lowest BCUT2D eigenvalue weighted by molar-refractivity contribution is -0.192. The number of carboxylic acids is 2. The van der Waals surface area contributed by atoms with E-state index in [-0.39, 0.29) is 37.6 Å². The zero-order chi connectivity index (χ0) is 34.9. The van der Waals surface area contributed by atoms with Crippen LogP contribution in [0.15, 0.2) is 24.3 Å². The summed E-state index contributed by atoms with van der Waals surface area (Å²) in [5.74, 6) is -7.19. The van der Waals surface area contributed by atoms with Gasteiger partial charge >= 0.3 is 18.1 Å². The topological polar surface area (TPSA) is 265 Å². The number of amides is 3. The molecule has 15 nitrogen and oxygen atoms in total. The minimum Gasteiger partial charge on any atom is -0.480 e. The SMILES string of the molecule is CCCC[C@H](NC(=O)[C@H](Cc1ccc(C(=N)N)cc1)C(=O)N(C)C)C(=O)NC(CCCNC(=N)N)C(=O)O.O=C(O)C(F)(F)F. The van der Waals surface area contributed by atoms with Crippen molar-refractivity contribution in [3.8, 4) is 0 Å². The van der Waals surface area contributed by atoms with Gasteiger partial charge in [-0.15, -0.1) is 0 Å². The first-order chi connectivity index (χ1) is 20.8. The van der Waals surface area contributed by atoms with Gasteiger partial charge in [0.05, 0.1) is 0 Å². The lowest BCUT2D eigenvalue weighted by Crippen LogP contribution is -2.54. The minimum absolute atomic E-state index is 0.0596. The Morgan fingerprint density at radius 1 is 0.911 bits per heavy atom. The van der Waals surface area contributed by atoms with Crippen molar-refractivity contribution >= 4 is 41.5 Å². The second-order valence-electron chi connectivity index (χ2n) is 9.99. The van der Waals surface area contributed by atoms with E-state index in [1.54, 1.807) is 24.3 Å². The Kier molecular flexibility index (Phi) is 17.3. The molecule has 3 amide bonds. The Balaban J connectivity index is 0.00000246. The van der Waals surface area contributed by atoms with Gasteiger partial charge in [0, 0.05) is 26.2 Å². The van der Waals surface area contributed by atoms with Crippen molar-refractivity contribution < 1.29 is 47.4 Å². The first-order valence-electron chi connectivity index (χ1n) is 13.7. The molecule has 1 aromatic rings. The number of benzene rings is 1. The number of guanidine groups is 1. The van der Waals surface area contributed by atoms with Gasteiger partial charge in [-0.2, -0.15) is 13.2 Å². The zero-order valence-electron chi connectivity index (χ0n) is 25.2. The molecule has 11 N–H and O–H groups in total. The van der Waals surface area contributed by atoms with Crippen LogP contribution >= 0.6 is 0 Å². The molecule has 1 unspecified atom stereocenters. The number of halogens is 3. The van der Waals surface area contributed by atoms with Crippen molar-refractivity contribution in [1.29, 1.82) is 10.8 Å². The number of hydrogen-bond donors (Lipinski definition) is 9. The molecule has 0 saturated heterocycles. The lowest BCUT2D eigenvalue weighted by atomic mass is 9.95. The largest absolute Gasteiger partial charge is 0.490 e. The number of carbonyl (C=O) groups is 5. The maximum atomic E-state index is 13.3. The second-order valence-corrected chi connectivity index (χ2v) is 9.99. The summed E-state index contributed by atoms with van der Waals surface area (Å²) in [6, 6.07) is 4.39. The highest BCUT2D eigenvalue weighted by Crippen LogP contribution is 2.15. The molecule has 0 aliphatic rings. The molecule has 0 aliphatic carbocycles. The third-order valence-electron chi connectivity index (χ3n) is 6.08. The van der Waals surface area contributed by atoms with E-state index in [0.717, 1.165) is 6.42 Å². The Hall–Kier alpha value is -4.90. The van der Waals surface area contributed by atoms with Gasteiger partial charge in [-0.05, 0) is 31.2 Å². The normalized spacial score (nSPS) is 12.7. The molecule has 252 valence electrons. The van der Waals surface area contributed by atoms with Crippen LogP contribution in [-0.4, -0.2) is 95.5 Å². The highest BCUT2D eigenvalue weighted by Gasteiger charge is 2.38. The molecule has 0 radical (unpaired) electrons. The maximum Gasteiger partial charge on any atom is 0.490 e. The van der Waals surface area contributed by atoms with E-state index in [4.69, 9.17) is 32.2 Å². The van der Waals surface area contributed by atoms with Gasteiger partial charge in [-0.25, -0.2) is 9.59 Å². The van der Waals surface area contributed by atoms with Crippen molar-refractivity contribution in [3.05, 3.63) is 35.4 Å². The molecule has 45 heavy (non-hydrogen) atoms. The monoisotopic (exact) mass is 646 g/mol. The first-order valence-corrected chi connectivity index (χ1v) is 13.7. The van der Waals surface area contributed by atoms with E-state index < -0.39 is 53.8 Å². The van der Waals surface area contributed by atoms with Crippen LogP contribution in [0.1, 0.15) is 50.2 Å². The average molecular weight is 647 g/mol. The van der Waals surface area contributed by atoms with Crippen LogP contribution in [0.3, 0.4) is 0 Å². The van der Waals surface area contributed by atoms with Crippen molar-refractivity contribution in [1.82, 2.24) is 20.9 Å². The van der Waals surface area contributed by atoms with Crippen LogP contribution in [0.5, 0.6) is 0 Å². The summed E-state index contributed by atoms with van der Waals surface area (Å²) in [7, 11) is 3.06. The summed E-state index contributed by atoms with van der Waals surface area (Å²) in [5.41, 5.74) is 11.9. The molecule has 0 bridgehead atoms. The summed E-state index contributed by atoms with van der Waals surface area (Å²) in [6.07, 6.45) is -3.00. The molecule has 0 spiro atoms. The number of amidine groups is 1. The van der Waals surface area contributed by atoms with E-state index in [2.05, 4.69) is 16.0 Å². The van der Waals surface area contributed by atoms with Gasteiger partial charge in [0.1, 0.15) is 23.8 Å². The van der Waals surface area contributed by atoms with Gasteiger partial charge in [-0.3, -0.25) is 25.2 Å². The Morgan fingerprint density at radius 2 is 1.42 bits per heavy atom. The Labute approximate surface area is 257 Å². The van der Waals surface area contributed by atoms with Gasteiger partial charge in [-0.1, -0.05) is 44.0 Å². The molecule has 1 rings (SSSR count). The average Bonchev–Trinajstić information content (AvgIpc) is 2.94. The van der Waals surface area contributed by atoms with Crippen LogP contribution in [0.2, 0.25) is 0 Å². The molecule has 0 saturated carbocycles. The Morgan fingerprint density at radius 3 is 1.84 bits per heavy atom. The van der Waals surface area contributed by atoms with E-state index in [1.807, 2.05) is 6.92 Å². The summed E-state index contributed by atoms with van der Waals surface area (Å²) < 4.78 is 31.7. The number of nitrogens with two attached hydrogens (primary N) is 2. The summed E-state index contributed by atoms with van der Waals surface area (Å²) in [5, 5.41) is 39.1. The molecule has 0 heterocycles. The highest BCUT2D eigenvalue weighted by atomic mass is 19.4. The van der Waals surface area contributed by atoms with Crippen LogP contribution in [0.25, 0.3) is 0 Å². The smallest absolute Gasteiger partial charge is 0.480 e. The predicted molar refractivity (Wildman–Crippen MR) is 157 cm³/mol. The predicted octanol–water partition coefficient (Wildman–Crippen LogP) is 0.359. The molecule has 3 atom stereocenters. The molecule has 0 aliphatic heterocycles. The maximum absolute atomic E-state index is 13.3. The van der Waals surface area contributed by atoms with E-state index in [0.29, 0.717) is 24.0 Å². The first kappa shape index (κ1) is 40.1. The quantitative estimate of drug-likeness (QED) is 0.0515. The van der Waals surface area contributed by atoms with Crippen molar-refractivity contribution in [2.75, 3.05) is 20.6 Å². The highest BCUT2D eigenvalue weighted by molar-refractivity contribution is 6.02. The number of nitrogens with zero attached hydrogens (tertiary/aromatic N) is 1. The lowest BCUT2D eigenvalue weighted by Gasteiger charge is -2.25. The van der Waals surface area contributed by atoms with Crippen LogP contribution in [0.4, 0.5) is 13.2 Å². The molecule has 18 heteroatoms. The van der Waals surface area contributed by atoms with Gasteiger partial charge in [0.2, 0.25) is 17.7 Å². The standard InChI is InChI=1S/C25H40N8O5.C2HF3O2/c1-4-5-7-18(22(35)32-19(24(37)38)8-6-13-30-25(28)29)31-21(34)17(23(36)33(2)3)14-15-9-11-16(12-10-15)20(26)27;3-2(4,5)1(6)7/h9-12,17-19H,4-8,13-14H2,1-3H3,(H3,26,27)(H,31,34)(H,32,35)(H,37,38)(H4,28,29,30);(H,6,7)/t17-,18-,19?;/m0./s1. The van der Waals surface area contributed by atoms with E-state index in [1.165, 1.54) is 19.0 Å². The molecular weight excluding hydrogens is 605 g/mol. The molecule has 1 aromatic carbocycles. The third-order valence-corrected chi connectivity index (χ3v) is 6.08. The number of alkyl halides is 3. The van der Waals surface area contributed by atoms with Gasteiger partial charge < -0.3 is 42.5 Å². The number of aliphatic carboxylic acids is 2. The molecule has 0 aromatic heterocycles. The number of carboxylic acid groups (broad SMARTS) is 2. The number of carbonyl (C=O) groups excluding carboxylic acids is 3. The molecular formula is C27H41F3N8O7. The number of nitrogens with one attached hydrogen (secondary N) is 5. The summed E-state index contributed by atoms with van der Waals surface area (Å²) >= 11 is 0. The Bertz CT molecular complexity index is 1190. The van der Waals surface area contributed by atoms with Crippen molar-refractivity contribution in [2.45, 2.75) is 63.7 Å². The van der Waals surface area contributed by atoms with Crippen LogP contribution in [-0.2, 0) is 30.4 Å². The summed E-state index contributed by atoms with van der Waals surface area (Å²) in [6.45, 7) is 2.19. The number of hydrogen-bond acceptors (Lipinski definition) is 7. The van der Waals surface area contributed by atoms with Crippen LogP contribution in [0, 0.1) is 16.7 Å². The minimum atomic E-state index is -5.08.